The van der Waals surface area contributed by atoms with Crippen LogP contribution < -0.4 is 5.73 Å². The minimum Gasteiger partial charge on any atom is -0.368 e. The lowest BCUT2D eigenvalue weighted by molar-refractivity contribution is 0.898. The summed E-state index contributed by atoms with van der Waals surface area (Å²) in [7, 11) is 0. The number of anilines is 1. The standard InChI is InChI=1S/C24H18ClN5/c1-15-9-10-21-17(11-15)12-18(23(25)28-21)13-27-30-14-22(29-24(30)26)20-8-4-6-16-5-2-3-7-19(16)20/h2-14H,1H3,(H2,26,29)/b27-13+. The SMILES string of the molecule is Cc1ccc2nc(Cl)c(/C=N/n3cc(-c4cccc5ccccc45)nc3N)cc2c1. The number of imidazole rings is 1. The molecule has 0 aliphatic rings. The van der Waals surface area contributed by atoms with Crippen LogP contribution in [0.1, 0.15) is 11.1 Å². The number of rotatable bonds is 3. The van der Waals surface area contributed by atoms with Crippen LogP contribution in [0.4, 0.5) is 5.95 Å². The Morgan fingerprint density at radius 2 is 1.80 bits per heavy atom. The van der Waals surface area contributed by atoms with Gasteiger partial charge in [-0.1, -0.05) is 65.7 Å². The average Bonchev–Trinajstić information content (AvgIpc) is 3.12. The van der Waals surface area contributed by atoms with Crippen LogP contribution in [-0.2, 0) is 0 Å². The zero-order valence-electron chi connectivity index (χ0n) is 16.2. The van der Waals surface area contributed by atoms with Crippen molar-refractivity contribution in [2.45, 2.75) is 6.92 Å². The van der Waals surface area contributed by atoms with Gasteiger partial charge in [-0.2, -0.15) is 5.10 Å². The Hall–Kier alpha value is -3.70. The maximum atomic E-state index is 6.36. The van der Waals surface area contributed by atoms with Gasteiger partial charge in [-0.25, -0.2) is 14.6 Å². The molecule has 146 valence electrons. The van der Waals surface area contributed by atoms with Gasteiger partial charge >= 0.3 is 0 Å². The van der Waals surface area contributed by atoms with Gasteiger partial charge in [-0.05, 0) is 35.9 Å². The molecule has 5 rings (SSSR count). The second-order valence-electron chi connectivity index (χ2n) is 7.16. The van der Waals surface area contributed by atoms with Crippen LogP contribution in [0.25, 0.3) is 32.9 Å². The Morgan fingerprint density at radius 3 is 2.70 bits per heavy atom. The van der Waals surface area contributed by atoms with E-state index in [2.05, 4.69) is 39.3 Å². The second kappa shape index (κ2) is 7.28. The molecule has 3 aromatic carbocycles. The first kappa shape index (κ1) is 18.3. The zero-order valence-corrected chi connectivity index (χ0v) is 17.0. The predicted molar refractivity (Wildman–Crippen MR) is 124 cm³/mol. The summed E-state index contributed by atoms with van der Waals surface area (Å²) >= 11 is 6.36. The monoisotopic (exact) mass is 411 g/mol. The number of aryl methyl sites for hydroxylation is 1. The maximum Gasteiger partial charge on any atom is 0.221 e. The minimum absolute atomic E-state index is 0.301. The highest BCUT2D eigenvalue weighted by Gasteiger charge is 2.10. The number of nitrogens with two attached hydrogens (primary N) is 1. The van der Waals surface area contributed by atoms with Crippen LogP contribution in [0.2, 0.25) is 5.15 Å². The lowest BCUT2D eigenvalue weighted by Crippen LogP contribution is -1.97. The lowest BCUT2D eigenvalue weighted by Gasteiger charge is -2.03. The third-order valence-electron chi connectivity index (χ3n) is 5.05. The van der Waals surface area contributed by atoms with Gasteiger partial charge in [0, 0.05) is 16.5 Å². The number of benzene rings is 3. The Balaban J connectivity index is 1.53. The molecular formula is C24H18ClN5. The van der Waals surface area contributed by atoms with Crippen molar-refractivity contribution in [3.8, 4) is 11.3 Å². The van der Waals surface area contributed by atoms with Crippen LogP contribution >= 0.6 is 11.6 Å². The molecular weight excluding hydrogens is 394 g/mol. The quantitative estimate of drug-likeness (QED) is 0.307. The van der Waals surface area contributed by atoms with E-state index in [0.717, 1.165) is 44.1 Å². The molecule has 0 radical (unpaired) electrons. The van der Waals surface area contributed by atoms with Gasteiger partial charge in [0.2, 0.25) is 5.95 Å². The molecule has 0 unspecified atom stereocenters. The molecule has 0 amide bonds. The normalized spacial score (nSPS) is 11.7. The zero-order chi connectivity index (χ0) is 20.7. The van der Waals surface area contributed by atoms with E-state index < -0.39 is 0 Å². The van der Waals surface area contributed by atoms with E-state index in [1.165, 1.54) is 0 Å². The fourth-order valence-corrected chi connectivity index (χ4v) is 3.75. The highest BCUT2D eigenvalue weighted by atomic mass is 35.5. The van der Waals surface area contributed by atoms with Gasteiger partial charge in [0.25, 0.3) is 0 Å². The number of pyridine rings is 1. The Kier molecular flexibility index (Phi) is 4.45. The molecule has 0 saturated heterocycles. The van der Waals surface area contributed by atoms with Gasteiger partial charge < -0.3 is 5.73 Å². The van der Waals surface area contributed by atoms with E-state index in [1.54, 1.807) is 10.9 Å². The largest absolute Gasteiger partial charge is 0.368 e. The highest BCUT2D eigenvalue weighted by Crippen LogP contribution is 2.28. The third-order valence-corrected chi connectivity index (χ3v) is 5.35. The van der Waals surface area contributed by atoms with Gasteiger partial charge in [0.1, 0.15) is 5.15 Å². The second-order valence-corrected chi connectivity index (χ2v) is 7.52. The molecule has 2 heterocycles. The molecule has 0 aliphatic carbocycles. The van der Waals surface area contributed by atoms with Gasteiger partial charge in [-0.15, -0.1) is 0 Å². The van der Waals surface area contributed by atoms with Crippen molar-refractivity contribution in [1.82, 2.24) is 14.6 Å². The number of aromatic nitrogens is 3. The number of nitrogens with zero attached hydrogens (tertiary/aromatic N) is 4. The van der Waals surface area contributed by atoms with E-state index >= 15 is 0 Å². The summed E-state index contributed by atoms with van der Waals surface area (Å²) in [5.41, 5.74) is 10.6. The average molecular weight is 412 g/mol. The van der Waals surface area contributed by atoms with Crippen LogP contribution in [-0.4, -0.2) is 20.9 Å². The summed E-state index contributed by atoms with van der Waals surface area (Å²) < 4.78 is 1.55. The molecule has 0 fully saturated rings. The van der Waals surface area contributed by atoms with Crippen LogP contribution in [0, 0.1) is 6.92 Å². The molecule has 0 spiro atoms. The molecule has 5 aromatic rings. The summed E-state index contributed by atoms with van der Waals surface area (Å²) in [6.07, 6.45) is 3.47. The molecule has 6 heteroatoms. The summed E-state index contributed by atoms with van der Waals surface area (Å²) in [6, 6.07) is 22.3. The third kappa shape index (κ3) is 3.29. The summed E-state index contributed by atoms with van der Waals surface area (Å²) in [6.45, 7) is 2.04. The van der Waals surface area contributed by atoms with Gasteiger partial charge in [0.05, 0.1) is 23.6 Å². The van der Waals surface area contributed by atoms with Crippen molar-refractivity contribution in [1.29, 1.82) is 0 Å². The van der Waals surface area contributed by atoms with E-state index in [1.807, 2.05) is 55.6 Å². The first-order valence-electron chi connectivity index (χ1n) is 9.53. The molecule has 0 saturated carbocycles. The Morgan fingerprint density at radius 1 is 0.967 bits per heavy atom. The minimum atomic E-state index is 0.301. The molecule has 2 N–H and O–H groups in total. The molecule has 30 heavy (non-hydrogen) atoms. The number of fused-ring (bicyclic) bond motifs is 2. The Labute approximate surface area is 178 Å². The fourth-order valence-electron chi connectivity index (χ4n) is 3.56. The van der Waals surface area contributed by atoms with Gasteiger partial charge in [0.15, 0.2) is 0 Å². The van der Waals surface area contributed by atoms with E-state index in [4.69, 9.17) is 17.3 Å². The first-order chi connectivity index (χ1) is 14.6. The van der Waals surface area contributed by atoms with Crippen molar-refractivity contribution in [2.75, 3.05) is 5.73 Å². The summed E-state index contributed by atoms with van der Waals surface area (Å²) in [5.74, 6) is 0.301. The van der Waals surface area contributed by atoms with E-state index in [9.17, 15) is 0 Å². The fraction of sp³-hybridized carbons (Fsp3) is 0.0417. The van der Waals surface area contributed by atoms with Crippen molar-refractivity contribution in [3.63, 3.8) is 0 Å². The molecule has 2 aromatic heterocycles. The molecule has 0 atom stereocenters. The first-order valence-corrected chi connectivity index (χ1v) is 9.90. The van der Waals surface area contributed by atoms with Crippen molar-refractivity contribution in [3.05, 3.63) is 89.2 Å². The van der Waals surface area contributed by atoms with Crippen LogP contribution in [0.15, 0.2) is 78.0 Å². The van der Waals surface area contributed by atoms with Crippen molar-refractivity contribution >= 4 is 45.4 Å². The van der Waals surface area contributed by atoms with E-state index in [0.29, 0.717) is 11.1 Å². The number of hydrogen-bond donors (Lipinski definition) is 1. The number of nitrogen functional groups attached to an aromatic ring is 1. The summed E-state index contributed by atoms with van der Waals surface area (Å²) in [4.78, 5) is 8.96. The van der Waals surface area contributed by atoms with Crippen LogP contribution in [0.3, 0.4) is 0 Å². The molecule has 0 aliphatic heterocycles. The van der Waals surface area contributed by atoms with Crippen LogP contribution in [0.5, 0.6) is 0 Å². The lowest BCUT2D eigenvalue weighted by atomic mass is 10.0. The number of halogens is 1. The molecule has 0 bridgehead atoms. The Bertz CT molecular complexity index is 1430. The van der Waals surface area contributed by atoms with Crippen molar-refractivity contribution < 1.29 is 0 Å². The smallest absolute Gasteiger partial charge is 0.221 e. The number of hydrogen-bond acceptors (Lipinski definition) is 4. The highest BCUT2D eigenvalue weighted by molar-refractivity contribution is 6.32. The van der Waals surface area contributed by atoms with Gasteiger partial charge in [-0.3, -0.25) is 0 Å². The van der Waals surface area contributed by atoms with E-state index in [-0.39, 0.29) is 0 Å². The maximum absolute atomic E-state index is 6.36. The van der Waals surface area contributed by atoms with Crippen molar-refractivity contribution in [2.24, 2.45) is 5.10 Å². The topological polar surface area (TPSA) is 69.1 Å². The molecule has 5 nitrogen and oxygen atoms in total. The summed E-state index contributed by atoms with van der Waals surface area (Å²) in [5, 5.41) is 8.14. The predicted octanol–water partition coefficient (Wildman–Crippen LogP) is 5.68.